The number of aromatic amines is 1. The van der Waals surface area contributed by atoms with Crippen molar-refractivity contribution in [1.29, 1.82) is 0 Å². The Morgan fingerprint density at radius 2 is 1.96 bits per heavy atom. The average Bonchev–Trinajstić information content (AvgIpc) is 3.05. The third kappa shape index (κ3) is 3.88. The van der Waals surface area contributed by atoms with Gasteiger partial charge in [-0.05, 0) is 62.4 Å². The maximum atomic E-state index is 12.5. The number of benzene rings is 1. The highest BCUT2D eigenvalue weighted by Crippen LogP contribution is 2.34. The molecule has 0 radical (unpaired) electrons. The van der Waals surface area contributed by atoms with Gasteiger partial charge < -0.3 is 10.3 Å². The van der Waals surface area contributed by atoms with E-state index in [1.54, 1.807) is 35.6 Å². The molecule has 1 aliphatic rings. The number of carbonyl (C=O) groups is 2. The van der Waals surface area contributed by atoms with Gasteiger partial charge in [-0.3, -0.25) is 14.4 Å². The fraction of sp³-hybridized carbons (Fsp3) is 0.300. The number of nitrogens with zero attached hydrogens (tertiary/aromatic N) is 1. The molecule has 1 aliphatic carbocycles. The van der Waals surface area contributed by atoms with Crippen LogP contribution < -0.4 is 10.9 Å². The van der Waals surface area contributed by atoms with Gasteiger partial charge in [0.05, 0.1) is 11.1 Å². The van der Waals surface area contributed by atoms with Crippen molar-refractivity contribution in [2.24, 2.45) is 0 Å². The van der Waals surface area contributed by atoms with Crippen LogP contribution in [-0.2, 0) is 17.6 Å². The third-order valence-electron chi connectivity index (χ3n) is 4.72. The fourth-order valence-electron chi connectivity index (χ4n) is 3.33. The van der Waals surface area contributed by atoms with E-state index in [0.717, 1.165) is 41.5 Å². The predicted molar refractivity (Wildman–Crippen MR) is 113 cm³/mol. The lowest BCUT2D eigenvalue weighted by Gasteiger charge is -2.09. The first-order valence-corrected chi connectivity index (χ1v) is 10.9. The van der Waals surface area contributed by atoms with Gasteiger partial charge in [-0.2, -0.15) is 0 Å². The largest absolute Gasteiger partial charge is 0.325 e. The number of anilines is 1. The molecule has 2 N–H and O–H groups in total. The van der Waals surface area contributed by atoms with E-state index in [1.807, 2.05) is 0 Å². The highest BCUT2D eigenvalue weighted by atomic mass is 32.2. The van der Waals surface area contributed by atoms with Crippen LogP contribution in [0.2, 0.25) is 0 Å². The van der Waals surface area contributed by atoms with Crippen LogP contribution in [0.25, 0.3) is 10.2 Å². The van der Waals surface area contributed by atoms with Gasteiger partial charge in [-0.15, -0.1) is 11.3 Å². The summed E-state index contributed by atoms with van der Waals surface area (Å²) >= 11 is 2.80. The van der Waals surface area contributed by atoms with Crippen LogP contribution in [0.5, 0.6) is 0 Å². The number of aryl methyl sites for hydroxylation is 2. The zero-order chi connectivity index (χ0) is 19.7. The zero-order valence-corrected chi connectivity index (χ0v) is 17.0. The molecule has 0 atom stereocenters. The lowest BCUT2D eigenvalue weighted by molar-refractivity contribution is -0.113. The Morgan fingerprint density at radius 1 is 1.21 bits per heavy atom. The van der Waals surface area contributed by atoms with E-state index in [-0.39, 0.29) is 23.0 Å². The number of hydrogen-bond acceptors (Lipinski definition) is 6. The molecule has 4 rings (SSSR count). The Hall–Kier alpha value is -2.45. The minimum atomic E-state index is -0.200. The van der Waals surface area contributed by atoms with Crippen LogP contribution in [0, 0.1) is 0 Å². The molecule has 2 aromatic heterocycles. The molecule has 6 nitrogen and oxygen atoms in total. The monoisotopic (exact) mass is 413 g/mol. The molecular formula is C20H19N3O3S2. The number of thiophene rings is 1. The van der Waals surface area contributed by atoms with E-state index in [9.17, 15) is 14.4 Å². The van der Waals surface area contributed by atoms with Crippen LogP contribution in [0.1, 0.15) is 40.6 Å². The number of nitrogens with one attached hydrogen (secondary N) is 2. The molecule has 8 heteroatoms. The van der Waals surface area contributed by atoms with Crippen molar-refractivity contribution in [1.82, 2.24) is 9.97 Å². The van der Waals surface area contributed by atoms with Gasteiger partial charge in [0.25, 0.3) is 5.56 Å². The van der Waals surface area contributed by atoms with Crippen LogP contribution >= 0.6 is 23.1 Å². The van der Waals surface area contributed by atoms with Crippen molar-refractivity contribution < 1.29 is 9.59 Å². The first-order valence-electron chi connectivity index (χ1n) is 9.09. The second-order valence-electron chi connectivity index (χ2n) is 6.73. The number of H-pyrrole nitrogens is 1. The summed E-state index contributed by atoms with van der Waals surface area (Å²) in [7, 11) is 0. The first kappa shape index (κ1) is 18.9. The smallest absolute Gasteiger partial charge is 0.260 e. The number of Topliss-reactive ketones (excluding diaryl/α,β-unsaturated/α-hetero) is 1. The van der Waals surface area contributed by atoms with Gasteiger partial charge >= 0.3 is 0 Å². The van der Waals surface area contributed by atoms with E-state index in [2.05, 4.69) is 15.3 Å². The van der Waals surface area contributed by atoms with Crippen molar-refractivity contribution in [3.63, 3.8) is 0 Å². The van der Waals surface area contributed by atoms with Crippen LogP contribution in [0.3, 0.4) is 0 Å². The predicted octanol–water partition coefficient (Wildman–Crippen LogP) is 3.80. The van der Waals surface area contributed by atoms with Gasteiger partial charge in [0, 0.05) is 16.1 Å². The second kappa shape index (κ2) is 7.89. The van der Waals surface area contributed by atoms with Crippen LogP contribution in [0.4, 0.5) is 5.69 Å². The second-order valence-corrected chi connectivity index (χ2v) is 8.78. The highest BCUT2D eigenvalue weighted by molar-refractivity contribution is 7.99. The molecule has 2 heterocycles. The van der Waals surface area contributed by atoms with E-state index in [0.29, 0.717) is 16.4 Å². The number of amides is 1. The van der Waals surface area contributed by atoms with Gasteiger partial charge in [0.15, 0.2) is 10.9 Å². The molecule has 0 unspecified atom stereocenters. The number of aromatic nitrogens is 2. The van der Waals surface area contributed by atoms with E-state index in [4.69, 9.17) is 0 Å². The number of hydrogen-bond donors (Lipinski definition) is 2. The Bertz CT molecular complexity index is 1120. The SMILES string of the molecule is CC(=O)c1ccc(NC(=O)CSc2nc3sc4c(c3c(=O)[nH]2)CCCC4)cc1. The molecule has 28 heavy (non-hydrogen) atoms. The normalized spacial score (nSPS) is 13.3. The molecular weight excluding hydrogens is 394 g/mol. The number of carbonyl (C=O) groups excluding carboxylic acids is 2. The summed E-state index contributed by atoms with van der Waals surface area (Å²) in [4.78, 5) is 45.4. The van der Waals surface area contributed by atoms with Gasteiger partial charge in [0.1, 0.15) is 4.83 Å². The highest BCUT2D eigenvalue weighted by Gasteiger charge is 2.20. The standard InChI is InChI=1S/C20H19N3O3S2/c1-11(24)12-6-8-13(9-7-12)21-16(25)10-27-20-22-18(26)17-14-4-2-3-5-15(14)28-19(17)23-20/h6-9H,2-5,10H2,1H3,(H,21,25)(H,22,23,26). The summed E-state index contributed by atoms with van der Waals surface area (Å²) in [6.07, 6.45) is 4.23. The summed E-state index contributed by atoms with van der Waals surface area (Å²) in [5, 5.41) is 3.96. The molecule has 1 amide bonds. The van der Waals surface area contributed by atoms with Crippen molar-refractivity contribution in [2.45, 2.75) is 37.8 Å². The molecule has 144 valence electrons. The number of rotatable bonds is 5. The molecule has 3 aromatic rings. The Morgan fingerprint density at radius 3 is 2.71 bits per heavy atom. The van der Waals surface area contributed by atoms with Crippen molar-refractivity contribution in [2.75, 3.05) is 11.1 Å². The minimum Gasteiger partial charge on any atom is -0.325 e. The molecule has 0 saturated heterocycles. The van der Waals surface area contributed by atoms with Crippen molar-refractivity contribution in [3.8, 4) is 0 Å². The summed E-state index contributed by atoms with van der Waals surface area (Å²) in [5.41, 5.74) is 2.26. The Kier molecular flexibility index (Phi) is 5.32. The molecule has 0 fully saturated rings. The maximum absolute atomic E-state index is 12.5. The van der Waals surface area contributed by atoms with Gasteiger partial charge in [-0.1, -0.05) is 11.8 Å². The molecule has 0 spiro atoms. The zero-order valence-electron chi connectivity index (χ0n) is 15.3. The number of fused-ring (bicyclic) bond motifs is 3. The summed E-state index contributed by atoms with van der Waals surface area (Å²) in [5.74, 6) is -0.0866. The summed E-state index contributed by atoms with van der Waals surface area (Å²) < 4.78 is 0. The Balaban J connectivity index is 1.44. The van der Waals surface area contributed by atoms with E-state index >= 15 is 0 Å². The summed E-state index contributed by atoms with van der Waals surface area (Å²) in [6.45, 7) is 1.50. The number of ketones is 1. The summed E-state index contributed by atoms with van der Waals surface area (Å²) in [6, 6.07) is 6.75. The van der Waals surface area contributed by atoms with Crippen molar-refractivity contribution >= 4 is 50.7 Å². The molecule has 1 aromatic carbocycles. The van der Waals surface area contributed by atoms with Crippen LogP contribution in [-0.4, -0.2) is 27.4 Å². The molecule has 0 bridgehead atoms. The average molecular weight is 414 g/mol. The number of thioether (sulfide) groups is 1. The van der Waals surface area contributed by atoms with Crippen molar-refractivity contribution in [3.05, 3.63) is 50.6 Å². The lowest BCUT2D eigenvalue weighted by Crippen LogP contribution is -2.15. The first-order chi connectivity index (χ1) is 13.5. The molecule has 0 aliphatic heterocycles. The fourth-order valence-corrected chi connectivity index (χ4v) is 5.31. The Labute approximate surface area is 169 Å². The van der Waals surface area contributed by atoms with E-state index in [1.165, 1.54) is 23.6 Å². The maximum Gasteiger partial charge on any atom is 0.260 e. The lowest BCUT2D eigenvalue weighted by atomic mass is 9.97. The van der Waals surface area contributed by atoms with Gasteiger partial charge in [0.2, 0.25) is 5.91 Å². The minimum absolute atomic E-state index is 0.0193. The van der Waals surface area contributed by atoms with E-state index < -0.39 is 0 Å². The quantitative estimate of drug-likeness (QED) is 0.377. The van der Waals surface area contributed by atoms with Gasteiger partial charge in [-0.25, -0.2) is 4.98 Å². The topological polar surface area (TPSA) is 91.9 Å². The van der Waals surface area contributed by atoms with Crippen LogP contribution in [0.15, 0.2) is 34.2 Å². The third-order valence-corrected chi connectivity index (χ3v) is 6.78. The molecule has 0 saturated carbocycles.